The molecule has 0 radical (unpaired) electrons. The summed E-state index contributed by atoms with van der Waals surface area (Å²) in [6, 6.07) is 10.9. The minimum absolute atomic E-state index is 0.0844. The topological polar surface area (TPSA) is 60.9 Å². The normalized spacial score (nSPS) is 15.6. The van der Waals surface area contributed by atoms with Crippen molar-refractivity contribution in [1.82, 2.24) is 9.21 Å². The van der Waals surface area contributed by atoms with Gasteiger partial charge in [-0.05, 0) is 56.3 Å². The number of hydrogen-bond acceptors (Lipinski definition) is 4. The van der Waals surface area contributed by atoms with Crippen molar-refractivity contribution in [3.8, 4) is 0 Å². The molecule has 1 aliphatic heterocycles. The van der Waals surface area contributed by atoms with E-state index in [0.29, 0.717) is 24.3 Å². The zero-order valence-electron chi connectivity index (χ0n) is 18.0. The fourth-order valence-electron chi connectivity index (χ4n) is 3.68. The molecular formula is C22H26F3N3O3S. The van der Waals surface area contributed by atoms with Crippen LogP contribution in [0.3, 0.4) is 0 Å². The predicted octanol–water partition coefficient (Wildman–Crippen LogP) is 3.70. The molecule has 0 spiro atoms. The summed E-state index contributed by atoms with van der Waals surface area (Å²) < 4.78 is 66.3. The lowest BCUT2D eigenvalue weighted by Crippen LogP contribution is -2.48. The van der Waals surface area contributed by atoms with Crippen LogP contribution in [0.1, 0.15) is 29.8 Å². The van der Waals surface area contributed by atoms with Gasteiger partial charge in [-0.1, -0.05) is 6.07 Å². The molecule has 174 valence electrons. The first-order valence-corrected chi connectivity index (χ1v) is 11.8. The summed E-state index contributed by atoms with van der Waals surface area (Å²) in [6.45, 7) is 5.73. The van der Waals surface area contributed by atoms with Crippen LogP contribution in [0.5, 0.6) is 0 Å². The van der Waals surface area contributed by atoms with Crippen LogP contribution in [0, 0.1) is 0 Å². The molecule has 1 fully saturated rings. The highest BCUT2D eigenvalue weighted by molar-refractivity contribution is 7.89. The van der Waals surface area contributed by atoms with Crippen molar-refractivity contribution in [2.75, 3.05) is 44.2 Å². The second kappa shape index (κ2) is 9.50. The summed E-state index contributed by atoms with van der Waals surface area (Å²) in [6.07, 6.45) is -4.43. The number of sulfonamides is 1. The Kier molecular flexibility index (Phi) is 7.14. The highest BCUT2D eigenvalue weighted by Crippen LogP contribution is 2.32. The van der Waals surface area contributed by atoms with E-state index < -0.39 is 21.8 Å². The first kappa shape index (κ1) is 24.1. The summed E-state index contributed by atoms with van der Waals surface area (Å²) in [7, 11) is -3.77. The molecule has 1 heterocycles. The third-order valence-corrected chi connectivity index (χ3v) is 7.48. The molecule has 1 saturated heterocycles. The van der Waals surface area contributed by atoms with Gasteiger partial charge in [0.25, 0.3) is 5.91 Å². The largest absolute Gasteiger partial charge is 0.416 e. The molecule has 0 saturated carbocycles. The number of alkyl halides is 3. The fraction of sp³-hybridized carbons (Fsp3) is 0.409. The zero-order valence-corrected chi connectivity index (χ0v) is 18.8. The Morgan fingerprint density at radius 2 is 1.56 bits per heavy atom. The molecule has 2 aromatic rings. The molecule has 0 bridgehead atoms. The van der Waals surface area contributed by atoms with Crippen LogP contribution >= 0.6 is 0 Å². The van der Waals surface area contributed by atoms with Crippen molar-refractivity contribution in [2.24, 2.45) is 0 Å². The summed E-state index contributed by atoms with van der Waals surface area (Å²) in [5.74, 6) is -0.159. The van der Waals surface area contributed by atoms with Crippen LogP contribution in [-0.4, -0.2) is 62.8 Å². The maximum Gasteiger partial charge on any atom is 0.416 e. The summed E-state index contributed by atoms with van der Waals surface area (Å²) in [5, 5.41) is 0. The highest BCUT2D eigenvalue weighted by Gasteiger charge is 2.32. The van der Waals surface area contributed by atoms with E-state index in [9.17, 15) is 26.4 Å². The number of carbonyl (C=O) groups is 1. The van der Waals surface area contributed by atoms with Gasteiger partial charge in [0.1, 0.15) is 0 Å². The van der Waals surface area contributed by atoms with Crippen LogP contribution < -0.4 is 4.90 Å². The second-order valence-electron chi connectivity index (χ2n) is 7.44. The van der Waals surface area contributed by atoms with Gasteiger partial charge in [-0.15, -0.1) is 0 Å². The molecule has 0 atom stereocenters. The van der Waals surface area contributed by atoms with Crippen molar-refractivity contribution in [1.29, 1.82) is 0 Å². The third-order valence-electron chi connectivity index (χ3n) is 5.57. The number of hydrogen-bond donors (Lipinski definition) is 0. The lowest BCUT2D eigenvalue weighted by atomic mass is 10.1. The van der Waals surface area contributed by atoms with Crippen molar-refractivity contribution < 1.29 is 26.4 Å². The van der Waals surface area contributed by atoms with Gasteiger partial charge in [-0.25, -0.2) is 8.42 Å². The van der Waals surface area contributed by atoms with Gasteiger partial charge in [-0.2, -0.15) is 17.5 Å². The molecule has 32 heavy (non-hydrogen) atoms. The van der Waals surface area contributed by atoms with Crippen LogP contribution in [-0.2, 0) is 16.2 Å². The second-order valence-corrected chi connectivity index (χ2v) is 9.38. The number of anilines is 1. The minimum Gasteiger partial charge on any atom is -0.369 e. The van der Waals surface area contributed by atoms with Gasteiger partial charge in [0, 0.05) is 50.5 Å². The maximum atomic E-state index is 13.0. The van der Waals surface area contributed by atoms with Crippen molar-refractivity contribution in [3.63, 3.8) is 0 Å². The number of rotatable bonds is 6. The fourth-order valence-corrected chi connectivity index (χ4v) is 5.10. The summed E-state index contributed by atoms with van der Waals surface area (Å²) >= 11 is 0. The molecular weight excluding hydrogens is 443 g/mol. The smallest absolute Gasteiger partial charge is 0.369 e. The molecule has 10 heteroatoms. The third kappa shape index (κ3) is 5.07. The van der Waals surface area contributed by atoms with E-state index in [0.717, 1.165) is 12.1 Å². The lowest BCUT2D eigenvalue weighted by molar-refractivity contribution is -0.137. The van der Waals surface area contributed by atoms with E-state index >= 15 is 0 Å². The number of benzene rings is 2. The van der Waals surface area contributed by atoms with Crippen molar-refractivity contribution in [2.45, 2.75) is 24.9 Å². The maximum absolute atomic E-state index is 13.0. The molecule has 6 nitrogen and oxygen atoms in total. The van der Waals surface area contributed by atoms with Gasteiger partial charge >= 0.3 is 6.18 Å². The van der Waals surface area contributed by atoms with E-state index in [2.05, 4.69) is 0 Å². The van der Waals surface area contributed by atoms with E-state index in [1.807, 2.05) is 13.8 Å². The Labute approximate surface area is 186 Å². The SMILES string of the molecule is CCN(CC)C(=O)c1ccc(S(=O)(=O)N2CCN(c3cccc(C(F)(F)F)c3)CC2)cc1. The minimum atomic E-state index is -4.43. The molecule has 1 aliphatic rings. The Morgan fingerprint density at radius 3 is 2.09 bits per heavy atom. The van der Waals surface area contributed by atoms with Gasteiger partial charge < -0.3 is 9.80 Å². The molecule has 0 aromatic heterocycles. The van der Waals surface area contributed by atoms with Crippen LogP contribution in [0.2, 0.25) is 0 Å². The van der Waals surface area contributed by atoms with Crippen molar-refractivity contribution in [3.05, 3.63) is 59.7 Å². The quantitative estimate of drug-likeness (QED) is 0.648. The summed E-state index contributed by atoms with van der Waals surface area (Å²) in [4.78, 5) is 15.9. The number of carbonyl (C=O) groups excluding carboxylic acids is 1. The monoisotopic (exact) mass is 469 g/mol. The van der Waals surface area contributed by atoms with Crippen molar-refractivity contribution >= 4 is 21.6 Å². The van der Waals surface area contributed by atoms with Crippen LogP contribution in [0.25, 0.3) is 0 Å². The van der Waals surface area contributed by atoms with E-state index in [1.165, 1.54) is 34.6 Å². The average Bonchev–Trinajstić information content (AvgIpc) is 2.79. The molecule has 2 aromatic carbocycles. The van der Waals surface area contributed by atoms with E-state index in [4.69, 9.17) is 0 Å². The van der Waals surface area contributed by atoms with Gasteiger partial charge in [0.2, 0.25) is 10.0 Å². The highest BCUT2D eigenvalue weighted by atomic mass is 32.2. The Balaban J connectivity index is 1.69. The van der Waals surface area contributed by atoms with Crippen LogP contribution in [0.15, 0.2) is 53.4 Å². The molecule has 3 rings (SSSR count). The Bertz CT molecular complexity index is 1040. The number of nitrogens with zero attached hydrogens (tertiary/aromatic N) is 3. The average molecular weight is 470 g/mol. The van der Waals surface area contributed by atoms with E-state index in [1.54, 1.807) is 15.9 Å². The zero-order chi connectivity index (χ0) is 23.5. The van der Waals surface area contributed by atoms with Gasteiger partial charge in [0.15, 0.2) is 0 Å². The number of amides is 1. The van der Waals surface area contributed by atoms with Crippen LogP contribution in [0.4, 0.5) is 18.9 Å². The summed E-state index contributed by atoms with van der Waals surface area (Å²) in [5.41, 5.74) is 0.0996. The van der Waals surface area contributed by atoms with E-state index in [-0.39, 0.29) is 37.0 Å². The Hall–Kier alpha value is -2.59. The molecule has 0 unspecified atom stereocenters. The molecule has 1 amide bonds. The first-order chi connectivity index (χ1) is 15.1. The molecule has 0 aliphatic carbocycles. The number of piperazine rings is 1. The molecule has 0 N–H and O–H groups in total. The van der Waals surface area contributed by atoms with Gasteiger partial charge in [0.05, 0.1) is 10.5 Å². The first-order valence-electron chi connectivity index (χ1n) is 10.4. The standard InChI is InChI=1S/C22H26F3N3O3S/c1-3-26(4-2)21(29)17-8-10-20(11-9-17)32(30,31)28-14-12-27(13-15-28)19-7-5-6-18(16-19)22(23,24)25/h5-11,16H,3-4,12-15H2,1-2H3. The van der Waals surface area contributed by atoms with Gasteiger partial charge in [-0.3, -0.25) is 4.79 Å². The predicted molar refractivity (Wildman–Crippen MR) is 116 cm³/mol. The number of halogens is 3. The Morgan fingerprint density at radius 1 is 0.969 bits per heavy atom. The lowest BCUT2D eigenvalue weighted by Gasteiger charge is -2.35.